The second-order valence-electron chi connectivity index (χ2n) is 7.50. The maximum Gasteiger partial charge on any atom is 0.673 e. The van der Waals surface area contributed by atoms with Gasteiger partial charge in [0.15, 0.2) is 0 Å². The van der Waals surface area contributed by atoms with Crippen molar-refractivity contribution in [2.45, 2.75) is 53.4 Å². The number of benzene rings is 1. The number of anilines is 1. The van der Waals surface area contributed by atoms with Crippen LogP contribution >= 0.6 is 11.8 Å². The van der Waals surface area contributed by atoms with Gasteiger partial charge in [-0.05, 0) is 89.0 Å². The molecule has 0 saturated heterocycles. The number of hydrogen-bond donors (Lipinski definition) is 0. The zero-order valence-electron chi connectivity index (χ0n) is 19.8. The van der Waals surface area contributed by atoms with Crippen LogP contribution in [-0.4, -0.2) is 30.2 Å². The van der Waals surface area contributed by atoms with Gasteiger partial charge in [-0.15, -0.1) is 0 Å². The maximum atomic E-state index is 9.75. The predicted molar refractivity (Wildman–Crippen MR) is 131 cm³/mol. The van der Waals surface area contributed by atoms with E-state index in [0.717, 1.165) is 12.3 Å². The summed E-state index contributed by atoms with van der Waals surface area (Å²) < 4.78 is 39.0. The van der Waals surface area contributed by atoms with Gasteiger partial charge in [0.1, 0.15) is 0 Å². The third-order valence-electron chi connectivity index (χ3n) is 4.52. The van der Waals surface area contributed by atoms with Gasteiger partial charge in [0.05, 0.1) is 0 Å². The molecule has 1 heterocycles. The second-order valence-corrected chi connectivity index (χ2v) is 8.89. The van der Waals surface area contributed by atoms with Crippen LogP contribution in [0.25, 0.3) is 0 Å². The molecule has 1 aromatic carbocycles. The van der Waals surface area contributed by atoms with E-state index < -0.39 is 7.25 Å². The van der Waals surface area contributed by atoms with Crippen LogP contribution in [0.15, 0.2) is 24.5 Å². The molecular weight excluding hydrogens is 538 g/mol. The van der Waals surface area contributed by atoms with E-state index in [2.05, 4.69) is 94.4 Å². The molecule has 3 rings (SSSR count). The van der Waals surface area contributed by atoms with Crippen LogP contribution in [0.3, 0.4) is 0 Å². The Balaban J connectivity index is 0.000000605. The summed E-state index contributed by atoms with van der Waals surface area (Å²) in [7, 11) is -6.00. The molecule has 0 unspecified atom stereocenters. The number of nitrogens with zero attached hydrogens (tertiary/aromatic N) is 2. The Labute approximate surface area is 215 Å². The fourth-order valence-corrected chi connectivity index (χ4v) is 3.93. The number of thioether (sulfide) groups is 1. The monoisotopic (exact) mass is 572 g/mol. The van der Waals surface area contributed by atoms with Crippen molar-refractivity contribution in [3.63, 3.8) is 0 Å². The summed E-state index contributed by atoms with van der Waals surface area (Å²) in [5.41, 5.74) is 5.18. The molecule has 1 aliphatic heterocycles. The van der Waals surface area contributed by atoms with E-state index in [4.69, 9.17) is 0 Å². The van der Waals surface area contributed by atoms with Crippen molar-refractivity contribution in [2.24, 2.45) is 0 Å². The number of aryl methyl sites for hydroxylation is 3. The Morgan fingerprint density at radius 1 is 0.879 bits per heavy atom. The van der Waals surface area contributed by atoms with E-state index in [1.807, 2.05) is 11.8 Å². The van der Waals surface area contributed by atoms with Crippen LogP contribution in [-0.2, 0) is 19.5 Å². The Kier molecular flexibility index (Phi) is 17.3. The van der Waals surface area contributed by atoms with Crippen LogP contribution in [0.1, 0.15) is 49.3 Å². The number of halogens is 4. The van der Waals surface area contributed by atoms with Crippen molar-refractivity contribution < 1.29 is 36.7 Å². The van der Waals surface area contributed by atoms with Crippen LogP contribution < -0.4 is 4.90 Å². The van der Waals surface area contributed by atoms with Crippen molar-refractivity contribution in [3.05, 3.63) is 73.6 Å². The summed E-state index contributed by atoms with van der Waals surface area (Å²) in [6.07, 6.45) is 18.2. The van der Waals surface area contributed by atoms with Crippen molar-refractivity contribution in [2.75, 3.05) is 23.0 Å². The Morgan fingerprint density at radius 2 is 1.33 bits per heavy atom. The van der Waals surface area contributed by atoms with Gasteiger partial charge in [0.2, 0.25) is 6.67 Å². The second kappa shape index (κ2) is 17.7. The van der Waals surface area contributed by atoms with Gasteiger partial charge in [0, 0.05) is 49.9 Å². The zero-order chi connectivity index (χ0) is 24.0. The van der Waals surface area contributed by atoms with E-state index in [1.54, 1.807) is 0 Å². The van der Waals surface area contributed by atoms with Gasteiger partial charge in [-0.2, -0.15) is 11.8 Å². The topological polar surface area (TPSA) is 6.48 Å². The van der Waals surface area contributed by atoms with E-state index in [-0.39, 0.29) is 19.5 Å². The van der Waals surface area contributed by atoms with Crippen molar-refractivity contribution in [3.8, 4) is 0 Å². The van der Waals surface area contributed by atoms with E-state index in [0.29, 0.717) is 0 Å². The Morgan fingerprint density at radius 3 is 1.76 bits per heavy atom. The van der Waals surface area contributed by atoms with Crippen LogP contribution in [0.4, 0.5) is 23.0 Å². The fraction of sp³-hybridized carbons (Fsp3) is 0.458. The third kappa shape index (κ3) is 15.8. The average molecular weight is 572 g/mol. The van der Waals surface area contributed by atoms with Gasteiger partial charge in [-0.3, -0.25) is 0 Å². The first-order chi connectivity index (χ1) is 15.1. The first-order valence-electron chi connectivity index (χ1n) is 10.9. The molecule has 2 aliphatic rings. The minimum atomic E-state index is -6.00. The summed E-state index contributed by atoms with van der Waals surface area (Å²) in [5.74, 6) is 2.32. The first kappa shape index (κ1) is 32.3. The summed E-state index contributed by atoms with van der Waals surface area (Å²) >= 11 is 1.97. The van der Waals surface area contributed by atoms with Crippen LogP contribution in [0.5, 0.6) is 0 Å². The molecule has 0 amide bonds. The molecule has 187 valence electrons. The summed E-state index contributed by atoms with van der Waals surface area (Å²) in [6.45, 7) is 13.1. The zero-order valence-corrected chi connectivity index (χ0v) is 22.2. The molecule has 33 heavy (non-hydrogen) atoms. The van der Waals surface area contributed by atoms with Crippen LogP contribution in [0.2, 0.25) is 0 Å². The minimum absolute atomic E-state index is 0. The van der Waals surface area contributed by atoms with Crippen LogP contribution in [0, 0.1) is 53.1 Å². The third-order valence-corrected chi connectivity index (χ3v) is 5.40. The van der Waals surface area contributed by atoms with Gasteiger partial charge >= 0.3 is 7.25 Å². The molecule has 7 radical (unpaired) electrons. The predicted octanol–water partition coefficient (Wildman–Crippen LogP) is 7.63. The molecule has 9 heteroatoms. The van der Waals surface area contributed by atoms with Gasteiger partial charge in [-0.1, -0.05) is 24.6 Å². The molecule has 1 aromatic rings. The van der Waals surface area contributed by atoms with Crippen molar-refractivity contribution in [1.29, 1.82) is 0 Å². The SMILES string of the molecule is CCSCCN1[C]N(c2c(C)cc(C)cc2C)C=C1.F[B-](F)(F)F.[CH]1[CH]CC[CH][CH]CC1.[Rh]. The fourth-order valence-electron chi connectivity index (χ4n) is 3.32. The summed E-state index contributed by atoms with van der Waals surface area (Å²) in [5, 5.41) is 0. The van der Waals surface area contributed by atoms with Crippen molar-refractivity contribution >= 4 is 24.7 Å². The number of rotatable bonds is 5. The van der Waals surface area contributed by atoms with Gasteiger partial charge in [-0.25, -0.2) is 0 Å². The quantitative estimate of drug-likeness (QED) is 0.204. The average Bonchev–Trinajstić information content (AvgIpc) is 3.08. The molecule has 0 N–H and O–H groups in total. The molecule has 2 nitrogen and oxygen atoms in total. The minimum Gasteiger partial charge on any atom is -0.418 e. The maximum absolute atomic E-state index is 9.75. The molecule has 0 aromatic heterocycles. The summed E-state index contributed by atoms with van der Waals surface area (Å²) in [6, 6.07) is 4.46. The standard InChI is InChI=1S/C16H22N2S.C8H12.BF4.Rh/c1-5-19-9-8-17-6-7-18(12-17)16-14(3)10-13(2)11-15(16)4;1-2-4-6-8-7-5-3-1;2-1(3,4)5;/h6-7,10-11H,5,8-9H2,1-4H3;1-2,7-8H,3-6H2;;/q;;-1;. The van der Waals surface area contributed by atoms with Gasteiger partial charge in [0.25, 0.3) is 0 Å². The van der Waals surface area contributed by atoms with E-state index >= 15 is 0 Å². The summed E-state index contributed by atoms with van der Waals surface area (Å²) in [4.78, 5) is 4.25. The molecule has 0 spiro atoms. The Bertz CT molecular complexity index is 636. The molecular formula is C24H34BF4N2RhS-. The molecule has 1 aliphatic carbocycles. The largest absolute Gasteiger partial charge is 0.673 e. The van der Waals surface area contributed by atoms with Crippen molar-refractivity contribution in [1.82, 2.24) is 4.90 Å². The van der Waals surface area contributed by atoms with E-state index in [9.17, 15) is 17.3 Å². The smallest absolute Gasteiger partial charge is 0.418 e. The number of hydrogen-bond acceptors (Lipinski definition) is 3. The Hall–Kier alpha value is -0.682. The molecule has 0 atom stereocenters. The first-order valence-corrected chi connectivity index (χ1v) is 12.1. The van der Waals surface area contributed by atoms with E-state index in [1.165, 1.54) is 53.8 Å². The molecule has 1 saturated carbocycles. The molecule has 1 fully saturated rings. The normalized spacial score (nSPS) is 16.0. The molecule has 0 bridgehead atoms. The van der Waals surface area contributed by atoms with Gasteiger partial charge < -0.3 is 27.1 Å².